The third kappa shape index (κ3) is 12.5. The van der Waals surface area contributed by atoms with Gasteiger partial charge in [-0.2, -0.15) is 0 Å². The largest absolute Gasteiger partial charge is 0.466 e. The average molecular weight is 351 g/mol. The molecule has 0 aliphatic carbocycles. The van der Waals surface area contributed by atoms with Crippen LogP contribution in [-0.2, 0) is 19.1 Å². The van der Waals surface area contributed by atoms with E-state index in [-0.39, 0.29) is 18.0 Å². The van der Waals surface area contributed by atoms with Crippen LogP contribution in [0, 0.1) is 0 Å². The van der Waals surface area contributed by atoms with E-state index in [1.807, 2.05) is 6.92 Å². The van der Waals surface area contributed by atoms with Gasteiger partial charge >= 0.3 is 11.9 Å². The molecular weight excluding hydrogens is 324 g/mol. The Labute approximate surface area is 130 Å². The lowest BCUT2D eigenvalue weighted by Gasteiger charge is -2.13. The molecule has 0 aromatic rings. The summed E-state index contributed by atoms with van der Waals surface area (Å²) in [4.78, 5) is 21.9. The molecule has 0 heterocycles. The lowest BCUT2D eigenvalue weighted by Crippen LogP contribution is -2.17. The second-order valence-corrected chi connectivity index (χ2v) is 5.50. The molecular formula is C15H27BrO4. The van der Waals surface area contributed by atoms with E-state index < -0.39 is 0 Å². The smallest absolute Gasteiger partial charge is 0.305 e. The highest BCUT2D eigenvalue weighted by Crippen LogP contribution is 2.13. The van der Waals surface area contributed by atoms with Crippen molar-refractivity contribution >= 4 is 27.9 Å². The average Bonchev–Trinajstić information content (AvgIpc) is 2.40. The van der Waals surface area contributed by atoms with Crippen molar-refractivity contribution in [2.45, 2.75) is 71.3 Å². The van der Waals surface area contributed by atoms with Crippen LogP contribution in [0.2, 0.25) is 0 Å². The lowest BCUT2D eigenvalue weighted by atomic mass is 10.1. The van der Waals surface area contributed by atoms with Crippen LogP contribution in [0.4, 0.5) is 0 Å². The number of unbranched alkanes of at least 4 members (excludes halogenated alkanes) is 5. The summed E-state index contributed by atoms with van der Waals surface area (Å²) in [5.74, 6) is -0.303. The number of carbonyl (C=O) groups excluding carboxylic acids is 2. The highest BCUT2D eigenvalue weighted by Gasteiger charge is 2.09. The van der Waals surface area contributed by atoms with Crippen molar-refractivity contribution in [1.82, 2.24) is 0 Å². The van der Waals surface area contributed by atoms with Crippen LogP contribution in [0.1, 0.15) is 65.2 Å². The maximum atomic E-state index is 11.1. The van der Waals surface area contributed by atoms with E-state index >= 15 is 0 Å². The van der Waals surface area contributed by atoms with E-state index in [4.69, 9.17) is 9.47 Å². The monoisotopic (exact) mass is 350 g/mol. The number of hydrogen-bond acceptors (Lipinski definition) is 4. The van der Waals surface area contributed by atoms with E-state index in [2.05, 4.69) is 15.9 Å². The Bertz CT molecular complexity index is 269. The Hall–Kier alpha value is -0.580. The van der Waals surface area contributed by atoms with Crippen molar-refractivity contribution in [2.75, 3.05) is 11.9 Å². The highest BCUT2D eigenvalue weighted by atomic mass is 79.9. The molecule has 1 unspecified atom stereocenters. The van der Waals surface area contributed by atoms with Gasteiger partial charge in [0.1, 0.15) is 6.10 Å². The number of ether oxygens (including phenoxy) is 2. The van der Waals surface area contributed by atoms with E-state index in [1.165, 1.54) is 6.92 Å². The first kappa shape index (κ1) is 19.4. The van der Waals surface area contributed by atoms with Crippen molar-refractivity contribution in [2.24, 2.45) is 0 Å². The van der Waals surface area contributed by atoms with Crippen LogP contribution < -0.4 is 0 Å². The molecule has 0 aromatic heterocycles. The van der Waals surface area contributed by atoms with Crippen molar-refractivity contribution in [1.29, 1.82) is 0 Å². The van der Waals surface area contributed by atoms with Crippen molar-refractivity contribution in [3.8, 4) is 0 Å². The summed E-state index contributed by atoms with van der Waals surface area (Å²) in [6, 6.07) is 0. The molecule has 0 aliphatic heterocycles. The molecule has 0 spiro atoms. The van der Waals surface area contributed by atoms with Gasteiger partial charge in [0.05, 0.1) is 6.61 Å². The molecule has 118 valence electrons. The van der Waals surface area contributed by atoms with Gasteiger partial charge in [0.2, 0.25) is 0 Å². The number of alkyl halides is 1. The lowest BCUT2D eigenvalue weighted by molar-refractivity contribution is -0.145. The topological polar surface area (TPSA) is 52.6 Å². The third-order valence-corrected chi connectivity index (χ3v) is 3.69. The van der Waals surface area contributed by atoms with Crippen molar-refractivity contribution in [3.05, 3.63) is 0 Å². The van der Waals surface area contributed by atoms with Gasteiger partial charge in [0, 0.05) is 18.7 Å². The Balaban J connectivity index is 3.35. The second-order valence-electron chi connectivity index (χ2n) is 4.85. The van der Waals surface area contributed by atoms with Crippen LogP contribution >= 0.6 is 15.9 Å². The Morgan fingerprint density at radius 3 is 2.20 bits per heavy atom. The third-order valence-electron chi connectivity index (χ3n) is 2.97. The summed E-state index contributed by atoms with van der Waals surface area (Å²) in [6.07, 6.45) is 7.95. The van der Waals surface area contributed by atoms with Gasteiger partial charge in [-0.05, 0) is 26.2 Å². The molecule has 4 nitrogen and oxygen atoms in total. The zero-order chi connectivity index (χ0) is 15.2. The maximum absolute atomic E-state index is 11.1. The van der Waals surface area contributed by atoms with Gasteiger partial charge < -0.3 is 9.47 Å². The Morgan fingerprint density at radius 2 is 1.65 bits per heavy atom. The SMILES string of the molecule is CCOC(=O)CCCCCCCCC(CBr)OC(C)=O. The predicted molar refractivity (Wildman–Crippen MR) is 82.9 cm³/mol. The molecule has 0 bridgehead atoms. The fourth-order valence-electron chi connectivity index (χ4n) is 1.98. The first-order valence-electron chi connectivity index (χ1n) is 7.49. The molecule has 20 heavy (non-hydrogen) atoms. The summed E-state index contributed by atoms with van der Waals surface area (Å²) >= 11 is 3.35. The van der Waals surface area contributed by atoms with Crippen LogP contribution in [0.3, 0.4) is 0 Å². The molecule has 5 heteroatoms. The van der Waals surface area contributed by atoms with Gasteiger partial charge in [0.15, 0.2) is 0 Å². The summed E-state index contributed by atoms with van der Waals surface area (Å²) in [5.41, 5.74) is 0. The quantitative estimate of drug-likeness (QED) is 0.303. The molecule has 0 saturated heterocycles. The molecule has 0 amide bonds. The summed E-state index contributed by atoms with van der Waals surface area (Å²) < 4.78 is 10.0. The summed E-state index contributed by atoms with van der Waals surface area (Å²) in [5, 5.41) is 0.701. The van der Waals surface area contributed by atoms with Crippen LogP contribution in [-0.4, -0.2) is 30.0 Å². The molecule has 0 saturated carbocycles. The zero-order valence-corrected chi connectivity index (χ0v) is 14.2. The van der Waals surface area contributed by atoms with Crippen molar-refractivity contribution in [3.63, 3.8) is 0 Å². The molecule has 0 fully saturated rings. The molecule has 0 aliphatic rings. The van der Waals surface area contributed by atoms with E-state index in [9.17, 15) is 9.59 Å². The van der Waals surface area contributed by atoms with Gasteiger partial charge in [-0.3, -0.25) is 9.59 Å². The van der Waals surface area contributed by atoms with Gasteiger partial charge in [-0.25, -0.2) is 0 Å². The predicted octanol–water partition coefficient (Wildman–Crippen LogP) is 4.00. The first-order valence-corrected chi connectivity index (χ1v) is 8.61. The second kappa shape index (κ2) is 13.4. The van der Waals surface area contributed by atoms with Crippen LogP contribution in [0.25, 0.3) is 0 Å². The minimum atomic E-state index is -0.214. The minimum absolute atomic E-state index is 0.00341. The number of carbonyl (C=O) groups is 2. The van der Waals surface area contributed by atoms with Gasteiger partial charge in [0.25, 0.3) is 0 Å². The number of hydrogen-bond donors (Lipinski definition) is 0. The zero-order valence-electron chi connectivity index (χ0n) is 12.7. The van der Waals surface area contributed by atoms with E-state index in [1.54, 1.807) is 0 Å². The normalized spacial score (nSPS) is 11.9. The molecule has 0 N–H and O–H groups in total. The molecule has 0 radical (unpaired) electrons. The summed E-state index contributed by atoms with van der Waals surface area (Å²) in [6.45, 7) is 3.74. The van der Waals surface area contributed by atoms with E-state index in [0.29, 0.717) is 18.4 Å². The minimum Gasteiger partial charge on any atom is -0.466 e. The maximum Gasteiger partial charge on any atom is 0.305 e. The van der Waals surface area contributed by atoms with Crippen LogP contribution in [0.15, 0.2) is 0 Å². The Kier molecular flexibility index (Phi) is 13.0. The highest BCUT2D eigenvalue weighted by molar-refractivity contribution is 9.09. The molecule has 1 atom stereocenters. The fourth-order valence-corrected chi connectivity index (χ4v) is 2.44. The number of esters is 2. The fraction of sp³-hybridized carbons (Fsp3) is 0.867. The first-order chi connectivity index (χ1) is 9.60. The van der Waals surface area contributed by atoms with Crippen molar-refractivity contribution < 1.29 is 19.1 Å². The van der Waals surface area contributed by atoms with Crippen LogP contribution in [0.5, 0.6) is 0 Å². The summed E-state index contributed by atoms with van der Waals surface area (Å²) in [7, 11) is 0. The van der Waals surface area contributed by atoms with E-state index in [0.717, 1.165) is 44.9 Å². The van der Waals surface area contributed by atoms with Gasteiger partial charge in [-0.15, -0.1) is 0 Å². The molecule has 0 aromatic carbocycles. The standard InChI is InChI=1S/C15H27BrO4/c1-3-19-15(18)11-9-7-5-4-6-8-10-14(12-16)20-13(2)17/h14H,3-12H2,1-2H3. The van der Waals surface area contributed by atoms with Gasteiger partial charge in [-0.1, -0.05) is 41.6 Å². The molecule has 0 rings (SSSR count). The number of rotatable bonds is 12. The number of halogens is 1. The Morgan fingerprint density at radius 1 is 1.05 bits per heavy atom.